The van der Waals surface area contributed by atoms with Crippen LogP contribution in [0.2, 0.25) is 5.02 Å². The van der Waals surface area contributed by atoms with Crippen LogP contribution in [0.25, 0.3) is 0 Å². The summed E-state index contributed by atoms with van der Waals surface area (Å²) >= 11 is 5.90. The lowest BCUT2D eigenvalue weighted by molar-refractivity contribution is -0.126. The van der Waals surface area contributed by atoms with Crippen LogP contribution in [-0.4, -0.2) is 24.6 Å². The molecule has 0 aromatic heterocycles. The maximum Gasteiger partial charge on any atom is 0.240 e. The van der Waals surface area contributed by atoms with E-state index in [1.165, 1.54) is 0 Å². The highest BCUT2D eigenvalue weighted by Gasteiger charge is 2.36. The molecule has 4 nitrogen and oxygen atoms in total. The fourth-order valence-electron chi connectivity index (χ4n) is 2.64. The van der Waals surface area contributed by atoms with E-state index in [1.54, 1.807) is 0 Å². The molecule has 0 heterocycles. The van der Waals surface area contributed by atoms with Crippen molar-refractivity contribution >= 4 is 17.5 Å². The average molecular weight is 311 g/mol. The van der Waals surface area contributed by atoms with Crippen LogP contribution in [0.3, 0.4) is 0 Å². The lowest BCUT2D eigenvalue weighted by Crippen LogP contribution is -2.52. The summed E-state index contributed by atoms with van der Waals surface area (Å²) in [5.41, 5.74) is 6.45. The van der Waals surface area contributed by atoms with Crippen molar-refractivity contribution in [3.05, 3.63) is 28.8 Å². The van der Waals surface area contributed by atoms with Crippen molar-refractivity contribution in [2.24, 2.45) is 5.73 Å². The Morgan fingerprint density at radius 3 is 2.81 bits per heavy atom. The first-order valence-electron chi connectivity index (χ1n) is 7.47. The van der Waals surface area contributed by atoms with Crippen LogP contribution in [-0.2, 0) is 4.79 Å². The third kappa shape index (κ3) is 4.35. The lowest BCUT2D eigenvalue weighted by atomic mass is 9.98. The Hall–Kier alpha value is -1.26. The van der Waals surface area contributed by atoms with E-state index in [4.69, 9.17) is 22.1 Å². The van der Waals surface area contributed by atoms with Crippen molar-refractivity contribution in [3.8, 4) is 5.75 Å². The quantitative estimate of drug-likeness (QED) is 0.794. The van der Waals surface area contributed by atoms with Crippen molar-refractivity contribution in [1.82, 2.24) is 5.32 Å². The number of benzene rings is 1. The molecule has 21 heavy (non-hydrogen) atoms. The van der Waals surface area contributed by atoms with Gasteiger partial charge in [-0.25, -0.2) is 0 Å². The molecule has 0 bridgehead atoms. The van der Waals surface area contributed by atoms with E-state index in [-0.39, 0.29) is 5.91 Å². The number of carbonyl (C=O) groups excluding carboxylic acids is 1. The van der Waals surface area contributed by atoms with Crippen molar-refractivity contribution in [3.63, 3.8) is 0 Å². The molecule has 0 unspecified atom stereocenters. The molecule has 1 saturated carbocycles. The van der Waals surface area contributed by atoms with E-state index in [0.29, 0.717) is 18.2 Å². The van der Waals surface area contributed by atoms with Gasteiger partial charge in [0.1, 0.15) is 5.75 Å². The molecule has 0 radical (unpaired) electrons. The summed E-state index contributed by atoms with van der Waals surface area (Å²) in [5.74, 6) is 0.805. The van der Waals surface area contributed by atoms with Gasteiger partial charge in [0.2, 0.25) is 5.91 Å². The number of nitrogens with two attached hydrogens (primary N) is 1. The Labute approximate surface area is 131 Å². The van der Waals surface area contributed by atoms with Gasteiger partial charge in [-0.2, -0.15) is 0 Å². The van der Waals surface area contributed by atoms with E-state index in [2.05, 4.69) is 5.32 Å². The van der Waals surface area contributed by atoms with Crippen LogP contribution in [0.1, 0.15) is 37.7 Å². The van der Waals surface area contributed by atoms with Gasteiger partial charge < -0.3 is 15.8 Å². The molecular weight excluding hydrogens is 288 g/mol. The monoisotopic (exact) mass is 310 g/mol. The van der Waals surface area contributed by atoms with Crippen LogP contribution >= 0.6 is 11.6 Å². The molecule has 1 amide bonds. The van der Waals surface area contributed by atoms with Gasteiger partial charge in [-0.1, -0.05) is 24.4 Å². The maximum absolute atomic E-state index is 12.0. The summed E-state index contributed by atoms with van der Waals surface area (Å²) in [7, 11) is 0. The fraction of sp³-hybridized carbons (Fsp3) is 0.562. The molecular formula is C16H23ClN2O2. The van der Waals surface area contributed by atoms with Gasteiger partial charge in [0, 0.05) is 11.6 Å². The highest BCUT2D eigenvalue weighted by molar-refractivity contribution is 6.30. The standard InChI is InChI=1S/C16H23ClN2O2/c1-12-11-13(17)5-6-14(12)21-10-4-9-19-15(20)16(18)7-2-3-8-16/h5-6,11H,2-4,7-10,18H2,1H3,(H,19,20). The van der Waals surface area contributed by atoms with Crippen LogP contribution in [0.15, 0.2) is 18.2 Å². The molecule has 0 spiro atoms. The second-order valence-electron chi connectivity index (χ2n) is 5.73. The van der Waals surface area contributed by atoms with Crippen LogP contribution in [0.4, 0.5) is 0 Å². The Bertz CT molecular complexity index is 499. The summed E-state index contributed by atoms with van der Waals surface area (Å²) < 4.78 is 5.68. The second kappa shape index (κ2) is 7.14. The predicted molar refractivity (Wildman–Crippen MR) is 84.7 cm³/mol. The Kier molecular flexibility index (Phi) is 5.48. The number of nitrogens with one attached hydrogen (secondary N) is 1. The normalized spacial score (nSPS) is 16.7. The minimum atomic E-state index is -0.645. The predicted octanol–water partition coefficient (Wildman–Crippen LogP) is 2.81. The molecule has 2 rings (SSSR count). The number of rotatable bonds is 6. The first kappa shape index (κ1) is 16.1. The van der Waals surface area contributed by atoms with Crippen LogP contribution in [0.5, 0.6) is 5.75 Å². The van der Waals surface area contributed by atoms with Crippen molar-refractivity contribution in [2.75, 3.05) is 13.2 Å². The summed E-state index contributed by atoms with van der Waals surface area (Å²) in [6, 6.07) is 5.55. The third-order valence-corrected chi connectivity index (χ3v) is 4.18. The highest BCUT2D eigenvalue weighted by atomic mass is 35.5. The maximum atomic E-state index is 12.0. The summed E-state index contributed by atoms with van der Waals surface area (Å²) in [4.78, 5) is 12.0. The van der Waals surface area contributed by atoms with Gasteiger partial charge in [-0.3, -0.25) is 4.79 Å². The topological polar surface area (TPSA) is 64.3 Å². The third-order valence-electron chi connectivity index (χ3n) is 3.95. The Morgan fingerprint density at radius 1 is 1.43 bits per heavy atom. The first-order chi connectivity index (χ1) is 10.0. The van der Waals surface area contributed by atoms with Gasteiger partial charge >= 0.3 is 0 Å². The number of ether oxygens (including phenoxy) is 1. The molecule has 0 atom stereocenters. The molecule has 3 N–H and O–H groups in total. The van der Waals surface area contributed by atoms with Crippen LogP contribution in [0, 0.1) is 6.92 Å². The first-order valence-corrected chi connectivity index (χ1v) is 7.85. The van der Waals surface area contributed by atoms with E-state index in [1.807, 2.05) is 25.1 Å². The molecule has 1 aliphatic carbocycles. The zero-order valence-corrected chi connectivity index (χ0v) is 13.2. The van der Waals surface area contributed by atoms with Gasteiger partial charge in [-0.15, -0.1) is 0 Å². The molecule has 1 aromatic rings. The molecule has 0 saturated heterocycles. The minimum Gasteiger partial charge on any atom is -0.493 e. The lowest BCUT2D eigenvalue weighted by Gasteiger charge is -2.22. The number of hydrogen-bond acceptors (Lipinski definition) is 3. The summed E-state index contributed by atoms with van der Waals surface area (Å²) in [5, 5.41) is 3.62. The van der Waals surface area contributed by atoms with Crippen molar-refractivity contribution in [1.29, 1.82) is 0 Å². The zero-order valence-electron chi connectivity index (χ0n) is 12.5. The van der Waals surface area contributed by atoms with E-state index in [9.17, 15) is 4.79 Å². The number of halogens is 1. The number of carbonyl (C=O) groups is 1. The van der Waals surface area contributed by atoms with E-state index in [0.717, 1.165) is 43.4 Å². The smallest absolute Gasteiger partial charge is 0.240 e. The minimum absolute atomic E-state index is 0.0253. The highest BCUT2D eigenvalue weighted by Crippen LogP contribution is 2.27. The molecule has 116 valence electrons. The molecule has 1 fully saturated rings. The van der Waals surface area contributed by atoms with Crippen molar-refractivity contribution in [2.45, 2.75) is 44.6 Å². The second-order valence-corrected chi connectivity index (χ2v) is 6.17. The molecule has 0 aliphatic heterocycles. The van der Waals surface area contributed by atoms with Gasteiger partial charge in [-0.05, 0) is 49.9 Å². The summed E-state index contributed by atoms with van der Waals surface area (Å²) in [6.07, 6.45) is 4.42. The number of hydrogen-bond donors (Lipinski definition) is 2. The largest absolute Gasteiger partial charge is 0.493 e. The fourth-order valence-corrected chi connectivity index (χ4v) is 2.87. The van der Waals surface area contributed by atoms with Crippen molar-refractivity contribution < 1.29 is 9.53 Å². The van der Waals surface area contributed by atoms with Gasteiger partial charge in [0.15, 0.2) is 0 Å². The molecule has 5 heteroatoms. The van der Waals surface area contributed by atoms with Gasteiger partial charge in [0.05, 0.1) is 12.1 Å². The van der Waals surface area contributed by atoms with Crippen LogP contribution < -0.4 is 15.8 Å². The van der Waals surface area contributed by atoms with E-state index >= 15 is 0 Å². The molecule has 1 aliphatic rings. The van der Waals surface area contributed by atoms with Gasteiger partial charge in [0.25, 0.3) is 0 Å². The van der Waals surface area contributed by atoms with E-state index < -0.39 is 5.54 Å². The Balaban J connectivity index is 1.67. The zero-order chi connectivity index (χ0) is 15.3. The molecule has 1 aromatic carbocycles. The average Bonchev–Trinajstić information content (AvgIpc) is 2.88. The Morgan fingerprint density at radius 2 is 2.14 bits per heavy atom. The number of aryl methyl sites for hydroxylation is 1. The SMILES string of the molecule is Cc1cc(Cl)ccc1OCCCNC(=O)C1(N)CCCC1. The number of amides is 1. The summed E-state index contributed by atoms with van der Waals surface area (Å²) in [6.45, 7) is 3.10.